The Morgan fingerprint density at radius 3 is 2.54 bits per heavy atom. The van der Waals surface area contributed by atoms with E-state index in [2.05, 4.69) is 5.32 Å². The van der Waals surface area contributed by atoms with Gasteiger partial charge in [0.25, 0.3) is 5.91 Å². The van der Waals surface area contributed by atoms with Gasteiger partial charge in [-0.15, -0.1) is 0 Å². The average Bonchev–Trinajstić information content (AvgIpc) is 2.80. The van der Waals surface area contributed by atoms with Gasteiger partial charge in [0.2, 0.25) is 0 Å². The van der Waals surface area contributed by atoms with Crippen molar-refractivity contribution < 1.29 is 22.7 Å². The molecule has 2 atom stereocenters. The predicted molar refractivity (Wildman–Crippen MR) is 130 cm³/mol. The van der Waals surface area contributed by atoms with Gasteiger partial charge in [0.05, 0.1) is 18.1 Å². The third-order valence-electron chi connectivity index (χ3n) is 6.05. The number of nitrogens with zero attached hydrogens (tertiary/aromatic N) is 2. The number of amides is 1. The van der Waals surface area contributed by atoms with Crippen LogP contribution in [0, 0.1) is 11.6 Å². The van der Waals surface area contributed by atoms with E-state index in [4.69, 9.17) is 9.15 Å². The van der Waals surface area contributed by atoms with Crippen LogP contribution in [0.1, 0.15) is 41.4 Å². The summed E-state index contributed by atoms with van der Waals surface area (Å²) in [4.78, 5) is 29.3. The van der Waals surface area contributed by atoms with Crippen LogP contribution in [0.25, 0.3) is 11.0 Å². The highest BCUT2D eigenvalue weighted by Crippen LogP contribution is 2.29. The van der Waals surface area contributed by atoms with E-state index >= 15 is 0 Å². The molecule has 2 heterocycles. The second-order valence-corrected chi connectivity index (χ2v) is 9.10. The maximum Gasteiger partial charge on any atom is 0.253 e. The van der Waals surface area contributed by atoms with Crippen LogP contribution in [-0.4, -0.2) is 50.7 Å². The van der Waals surface area contributed by atoms with Crippen LogP contribution in [0.4, 0.5) is 14.7 Å². The summed E-state index contributed by atoms with van der Waals surface area (Å²) >= 11 is 0. The van der Waals surface area contributed by atoms with Crippen molar-refractivity contribution in [3.63, 3.8) is 0 Å². The lowest BCUT2D eigenvalue weighted by Gasteiger charge is -2.31. The maximum absolute atomic E-state index is 13.6. The zero-order valence-electron chi connectivity index (χ0n) is 20.2. The summed E-state index contributed by atoms with van der Waals surface area (Å²) in [5.74, 6) is -1.13. The van der Waals surface area contributed by atoms with Crippen LogP contribution in [0.5, 0.6) is 0 Å². The fraction of sp³-hybridized carbons (Fsp3) is 0.385. The quantitative estimate of drug-likeness (QED) is 0.572. The van der Waals surface area contributed by atoms with Crippen LogP contribution in [0.2, 0.25) is 0 Å². The second-order valence-electron chi connectivity index (χ2n) is 9.10. The number of ether oxygens (including phenoxy) is 1. The summed E-state index contributed by atoms with van der Waals surface area (Å²) in [6.07, 6.45) is -0.00318. The monoisotopic (exact) mass is 485 g/mol. The highest BCUT2D eigenvalue weighted by atomic mass is 19.1. The summed E-state index contributed by atoms with van der Waals surface area (Å²) in [6.45, 7) is 5.67. The molecule has 1 N–H and O–H groups in total. The Morgan fingerprint density at radius 2 is 1.89 bits per heavy atom. The van der Waals surface area contributed by atoms with Crippen LogP contribution in [0.3, 0.4) is 0 Å². The van der Waals surface area contributed by atoms with Crippen molar-refractivity contribution in [2.24, 2.45) is 0 Å². The van der Waals surface area contributed by atoms with Crippen molar-refractivity contribution in [1.29, 1.82) is 0 Å². The molecule has 0 saturated carbocycles. The van der Waals surface area contributed by atoms with Crippen molar-refractivity contribution in [2.45, 2.75) is 32.5 Å². The van der Waals surface area contributed by atoms with E-state index in [0.717, 1.165) is 6.07 Å². The molecule has 7 nitrogen and oxygen atoms in total. The molecule has 2 aromatic carbocycles. The molecule has 9 heteroatoms. The van der Waals surface area contributed by atoms with E-state index in [1.54, 1.807) is 26.2 Å². The first-order valence-electron chi connectivity index (χ1n) is 11.5. The number of benzene rings is 2. The smallest absolute Gasteiger partial charge is 0.253 e. The second kappa shape index (κ2) is 10.1. The van der Waals surface area contributed by atoms with Gasteiger partial charge in [-0.2, -0.15) is 0 Å². The van der Waals surface area contributed by atoms with Gasteiger partial charge < -0.3 is 24.3 Å². The third kappa shape index (κ3) is 5.52. The SMILES string of the molecule is CC(NCc1cc(F)cc(F)c1)c1cc(C(=O)N(C)C)cc2c(=O)cc(N3CCO[C@H](C)C3)oc12. The van der Waals surface area contributed by atoms with Crippen LogP contribution in [0.15, 0.2) is 45.6 Å². The van der Waals surface area contributed by atoms with Crippen molar-refractivity contribution in [3.05, 3.63) is 74.9 Å². The average molecular weight is 486 g/mol. The topological polar surface area (TPSA) is 75.0 Å². The summed E-state index contributed by atoms with van der Waals surface area (Å²) in [7, 11) is 3.27. The molecule has 35 heavy (non-hydrogen) atoms. The first-order valence-corrected chi connectivity index (χ1v) is 11.5. The molecule has 1 saturated heterocycles. The lowest BCUT2D eigenvalue weighted by atomic mass is 10.00. The first-order chi connectivity index (χ1) is 16.6. The van der Waals surface area contributed by atoms with Gasteiger partial charge >= 0.3 is 0 Å². The highest BCUT2D eigenvalue weighted by Gasteiger charge is 2.23. The van der Waals surface area contributed by atoms with E-state index < -0.39 is 17.7 Å². The molecule has 3 aromatic rings. The normalized spacial score (nSPS) is 17.0. The number of carbonyl (C=O) groups is 1. The Bertz CT molecular complexity index is 1290. The fourth-order valence-electron chi connectivity index (χ4n) is 4.24. The molecule has 0 radical (unpaired) electrons. The molecule has 4 rings (SSSR count). The number of nitrogens with one attached hydrogen (secondary N) is 1. The van der Waals surface area contributed by atoms with E-state index in [1.165, 1.54) is 23.1 Å². The molecule has 0 spiro atoms. The number of fused-ring (bicyclic) bond motifs is 1. The predicted octanol–water partition coefficient (Wildman–Crippen LogP) is 3.85. The molecule has 1 aliphatic heterocycles. The van der Waals surface area contributed by atoms with E-state index in [1.807, 2.05) is 18.7 Å². The van der Waals surface area contributed by atoms with E-state index in [0.29, 0.717) is 53.2 Å². The number of anilines is 1. The summed E-state index contributed by atoms with van der Waals surface area (Å²) in [5.41, 5.74) is 1.50. The number of rotatable bonds is 6. The first kappa shape index (κ1) is 24.8. The van der Waals surface area contributed by atoms with Gasteiger partial charge in [-0.3, -0.25) is 9.59 Å². The number of halogens is 2. The minimum absolute atomic E-state index is 0.00318. The molecule has 0 aliphatic carbocycles. The Morgan fingerprint density at radius 1 is 1.17 bits per heavy atom. The molecule has 1 unspecified atom stereocenters. The molecule has 1 aromatic heterocycles. The Kier molecular flexibility index (Phi) is 7.18. The third-order valence-corrected chi connectivity index (χ3v) is 6.05. The Labute approximate surface area is 202 Å². The number of hydrogen-bond donors (Lipinski definition) is 1. The number of morpholine rings is 1. The lowest BCUT2D eigenvalue weighted by molar-refractivity contribution is 0.0517. The van der Waals surface area contributed by atoms with Gasteiger partial charge in [-0.25, -0.2) is 8.78 Å². The number of hydrogen-bond acceptors (Lipinski definition) is 6. The zero-order valence-corrected chi connectivity index (χ0v) is 20.2. The zero-order chi connectivity index (χ0) is 25.3. The Balaban J connectivity index is 1.76. The highest BCUT2D eigenvalue weighted by molar-refractivity contribution is 5.98. The van der Waals surface area contributed by atoms with Crippen molar-refractivity contribution >= 4 is 22.8 Å². The summed E-state index contributed by atoms with van der Waals surface area (Å²) < 4.78 is 39.1. The van der Waals surface area contributed by atoms with Gasteiger partial charge in [-0.1, -0.05) is 0 Å². The standard InChI is InChI=1S/C26H29F2N3O4/c1-15-14-31(5-6-34-15)24-12-23(32)22-10-18(26(33)30(3)4)9-21(25(22)35-24)16(2)29-13-17-7-19(27)11-20(28)8-17/h7-12,15-16,29H,5-6,13-14H2,1-4H3/t15-,16?/m1/s1. The minimum atomic E-state index is -0.658. The van der Waals surface area contributed by atoms with Gasteiger partial charge in [-0.05, 0) is 43.7 Å². The lowest BCUT2D eigenvalue weighted by Crippen LogP contribution is -2.41. The van der Waals surface area contributed by atoms with E-state index in [9.17, 15) is 18.4 Å². The molecular formula is C26H29F2N3O4. The van der Waals surface area contributed by atoms with Gasteiger partial charge in [0, 0.05) is 63.0 Å². The van der Waals surface area contributed by atoms with E-state index in [-0.39, 0.29) is 24.0 Å². The summed E-state index contributed by atoms with van der Waals surface area (Å²) in [6, 6.07) is 7.62. The van der Waals surface area contributed by atoms with Gasteiger partial charge in [0.15, 0.2) is 11.3 Å². The molecule has 1 fully saturated rings. The van der Waals surface area contributed by atoms with Crippen LogP contribution >= 0.6 is 0 Å². The number of carbonyl (C=O) groups excluding carboxylic acids is 1. The Hall–Kier alpha value is -3.30. The van der Waals surface area contributed by atoms with Crippen molar-refractivity contribution in [3.8, 4) is 0 Å². The minimum Gasteiger partial charge on any atom is -0.440 e. The largest absolute Gasteiger partial charge is 0.440 e. The maximum atomic E-state index is 13.6. The molecule has 1 aliphatic rings. The van der Waals surface area contributed by atoms with Gasteiger partial charge in [0.1, 0.15) is 17.2 Å². The molecule has 0 bridgehead atoms. The molecular weight excluding hydrogens is 456 g/mol. The van der Waals surface area contributed by atoms with Crippen LogP contribution in [-0.2, 0) is 11.3 Å². The fourth-order valence-corrected chi connectivity index (χ4v) is 4.24. The van der Waals surface area contributed by atoms with Crippen LogP contribution < -0.4 is 15.6 Å². The molecule has 1 amide bonds. The summed E-state index contributed by atoms with van der Waals surface area (Å²) in [5, 5.41) is 3.52. The molecule has 186 valence electrons. The van der Waals surface area contributed by atoms with Crippen molar-refractivity contribution in [2.75, 3.05) is 38.7 Å². The van der Waals surface area contributed by atoms with Crippen molar-refractivity contribution in [1.82, 2.24) is 10.2 Å².